The average Bonchev–Trinajstić information content (AvgIpc) is 2.84. The molecule has 2 amide bonds. The van der Waals surface area contributed by atoms with E-state index >= 15 is 0 Å². The summed E-state index contributed by atoms with van der Waals surface area (Å²) in [4.78, 5) is 27.5. The fourth-order valence-electron chi connectivity index (χ4n) is 3.54. The monoisotopic (exact) mass is 440 g/mol. The van der Waals surface area contributed by atoms with E-state index in [1.807, 2.05) is 49.4 Å². The van der Waals surface area contributed by atoms with Crippen LogP contribution in [0.1, 0.15) is 37.8 Å². The first-order chi connectivity index (χ1) is 15.5. The Morgan fingerprint density at radius 1 is 1.06 bits per heavy atom. The number of rotatable bonds is 10. The second kappa shape index (κ2) is 11.4. The van der Waals surface area contributed by atoms with Gasteiger partial charge < -0.3 is 24.4 Å². The topological polar surface area (TPSA) is 77.1 Å². The molecule has 0 fully saturated rings. The molecule has 2 aromatic carbocycles. The van der Waals surface area contributed by atoms with Crippen molar-refractivity contribution >= 4 is 11.8 Å². The van der Waals surface area contributed by atoms with Gasteiger partial charge in [-0.3, -0.25) is 9.59 Å². The molecule has 7 nitrogen and oxygen atoms in total. The molecule has 0 saturated heterocycles. The third kappa shape index (κ3) is 6.15. The molecule has 0 unspecified atom stereocenters. The van der Waals surface area contributed by atoms with Crippen molar-refractivity contribution in [1.82, 2.24) is 10.2 Å². The van der Waals surface area contributed by atoms with Crippen molar-refractivity contribution in [3.63, 3.8) is 0 Å². The molecular formula is C25H32N2O5. The van der Waals surface area contributed by atoms with Gasteiger partial charge in [0.15, 0.2) is 11.5 Å². The molecule has 0 radical (unpaired) electrons. The van der Waals surface area contributed by atoms with E-state index in [0.29, 0.717) is 44.9 Å². The maximum atomic E-state index is 13.2. The minimum absolute atomic E-state index is 0.0742. The number of ether oxygens (including phenoxy) is 3. The van der Waals surface area contributed by atoms with E-state index in [1.165, 1.54) is 0 Å². The molecule has 3 rings (SSSR count). The fraction of sp³-hybridized carbons (Fsp3) is 0.440. The van der Waals surface area contributed by atoms with Crippen LogP contribution in [0.2, 0.25) is 0 Å². The Hall–Kier alpha value is -3.22. The Balaban J connectivity index is 1.70. The fourth-order valence-corrected chi connectivity index (χ4v) is 3.54. The van der Waals surface area contributed by atoms with Crippen LogP contribution in [0, 0.1) is 0 Å². The number of nitrogens with zero attached hydrogens (tertiary/aromatic N) is 1. The molecule has 1 atom stereocenters. The van der Waals surface area contributed by atoms with E-state index in [1.54, 1.807) is 18.9 Å². The van der Waals surface area contributed by atoms with Gasteiger partial charge >= 0.3 is 0 Å². The SMILES string of the molecule is CCCNC(=O)[C@H](C)N(Cc1ccc(OC)cc1)C(=O)CCc1ccc2c(c1)OCCO2. The van der Waals surface area contributed by atoms with Gasteiger partial charge in [0.2, 0.25) is 11.8 Å². The summed E-state index contributed by atoms with van der Waals surface area (Å²) in [6.07, 6.45) is 1.69. The number of fused-ring (bicyclic) bond motifs is 1. The zero-order chi connectivity index (χ0) is 22.9. The number of hydrogen-bond acceptors (Lipinski definition) is 5. The molecule has 172 valence electrons. The number of carbonyl (C=O) groups is 2. The normalized spacial score (nSPS) is 13.2. The number of hydrogen-bond donors (Lipinski definition) is 1. The van der Waals surface area contributed by atoms with Crippen LogP contribution in [0.25, 0.3) is 0 Å². The summed E-state index contributed by atoms with van der Waals surface area (Å²) >= 11 is 0. The number of methoxy groups -OCH3 is 1. The highest BCUT2D eigenvalue weighted by Gasteiger charge is 2.26. The van der Waals surface area contributed by atoms with Crippen molar-refractivity contribution in [1.29, 1.82) is 0 Å². The summed E-state index contributed by atoms with van der Waals surface area (Å²) in [7, 11) is 1.61. The van der Waals surface area contributed by atoms with Crippen LogP contribution in [-0.4, -0.2) is 49.6 Å². The minimum atomic E-state index is -0.573. The van der Waals surface area contributed by atoms with Crippen molar-refractivity contribution < 1.29 is 23.8 Å². The molecule has 1 N–H and O–H groups in total. The third-order valence-corrected chi connectivity index (χ3v) is 5.46. The van der Waals surface area contributed by atoms with Crippen molar-refractivity contribution in [2.24, 2.45) is 0 Å². The van der Waals surface area contributed by atoms with Crippen LogP contribution in [0.5, 0.6) is 17.2 Å². The van der Waals surface area contributed by atoms with Crippen LogP contribution in [-0.2, 0) is 22.6 Å². The standard InChI is InChI=1S/C25H32N2O5/c1-4-13-26-25(29)18(2)27(17-20-5-9-21(30-3)10-6-20)24(28)12-8-19-7-11-22-23(16-19)32-15-14-31-22/h5-7,9-11,16,18H,4,8,12-15,17H2,1-3H3,(H,26,29)/t18-/m0/s1. The van der Waals surface area contributed by atoms with Crippen molar-refractivity contribution in [2.45, 2.75) is 45.7 Å². The van der Waals surface area contributed by atoms with Gasteiger partial charge in [0.05, 0.1) is 7.11 Å². The summed E-state index contributed by atoms with van der Waals surface area (Å²) < 4.78 is 16.4. The molecule has 1 aliphatic heterocycles. The van der Waals surface area contributed by atoms with E-state index in [9.17, 15) is 9.59 Å². The Morgan fingerprint density at radius 3 is 2.44 bits per heavy atom. The summed E-state index contributed by atoms with van der Waals surface area (Å²) in [6, 6.07) is 12.7. The van der Waals surface area contributed by atoms with Gasteiger partial charge in [-0.25, -0.2) is 0 Å². The maximum absolute atomic E-state index is 13.2. The number of amides is 2. The highest BCUT2D eigenvalue weighted by molar-refractivity contribution is 5.87. The highest BCUT2D eigenvalue weighted by Crippen LogP contribution is 2.31. The van der Waals surface area contributed by atoms with Gasteiger partial charge in [0.1, 0.15) is 25.0 Å². The lowest BCUT2D eigenvalue weighted by atomic mass is 10.1. The smallest absolute Gasteiger partial charge is 0.242 e. The molecular weight excluding hydrogens is 408 g/mol. The molecule has 0 aromatic heterocycles. The zero-order valence-electron chi connectivity index (χ0n) is 19.1. The minimum Gasteiger partial charge on any atom is -0.497 e. The van der Waals surface area contributed by atoms with Crippen molar-refractivity contribution in [3.8, 4) is 17.2 Å². The number of aryl methyl sites for hydroxylation is 1. The lowest BCUT2D eigenvalue weighted by Crippen LogP contribution is -2.47. The highest BCUT2D eigenvalue weighted by atomic mass is 16.6. The molecule has 0 saturated carbocycles. The number of nitrogens with one attached hydrogen (secondary N) is 1. The third-order valence-electron chi connectivity index (χ3n) is 5.46. The predicted molar refractivity (Wildman–Crippen MR) is 122 cm³/mol. The lowest BCUT2D eigenvalue weighted by Gasteiger charge is -2.29. The number of carbonyl (C=O) groups excluding carboxylic acids is 2. The number of benzene rings is 2. The van der Waals surface area contributed by atoms with E-state index in [4.69, 9.17) is 14.2 Å². The van der Waals surface area contributed by atoms with E-state index in [-0.39, 0.29) is 11.8 Å². The van der Waals surface area contributed by atoms with Gasteiger partial charge in [-0.2, -0.15) is 0 Å². The first-order valence-electron chi connectivity index (χ1n) is 11.1. The summed E-state index contributed by atoms with van der Waals surface area (Å²) in [5, 5.41) is 2.90. The Kier molecular flexibility index (Phi) is 8.36. The Morgan fingerprint density at radius 2 is 1.75 bits per heavy atom. The van der Waals surface area contributed by atoms with Gasteiger partial charge in [0, 0.05) is 19.5 Å². The molecule has 32 heavy (non-hydrogen) atoms. The van der Waals surface area contributed by atoms with Gasteiger partial charge in [-0.05, 0) is 55.2 Å². The second-order valence-electron chi connectivity index (χ2n) is 7.81. The van der Waals surface area contributed by atoms with Gasteiger partial charge in [0.25, 0.3) is 0 Å². The summed E-state index contributed by atoms with van der Waals surface area (Å²) in [5.41, 5.74) is 1.93. The Bertz CT molecular complexity index is 913. The van der Waals surface area contributed by atoms with Crippen LogP contribution >= 0.6 is 0 Å². The van der Waals surface area contributed by atoms with Crippen molar-refractivity contribution in [3.05, 3.63) is 53.6 Å². The lowest BCUT2D eigenvalue weighted by molar-refractivity contribution is -0.140. The van der Waals surface area contributed by atoms with Crippen LogP contribution < -0.4 is 19.5 Å². The average molecular weight is 441 g/mol. The molecule has 1 heterocycles. The first kappa shape index (κ1) is 23.4. The molecule has 0 bridgehead atoms. The van der Waals surface area contributed by atoms with Crippen molar-refractivity contribution in [2.75, 3.05) is 26.9 Å². The van der Waals surface area contributed by atoms with Gasteiger partial charge in [-0.15, -0.1) is 0 Å². The maximum Gasteiger partial charge on any atom is 0.242 e. The largest absolute Gasteiger partial charge is 0.497 e. The van der Waals surface area contributed by atoms with Crippen LogP contribution in [0.4, 0.5) is 0 Å². The molecule has 7 heteroatoms. The second-order valence-corrected chi connectivity index (χ2v) is 7.81. The van der Waals surface area contributed by atoms with Crippen LogP contribution in [0.15, 0.2) is 42.5 Å². The molecule has 1 aliphatic rings. The summed E-state index contributed by atoms with van der Waals surface area (Å²) in [6.45, 7) is 5.78. The van der Waals surface area contributed by atoms with E-state index in [0.717, 1.165) is 29.0 Å². The van der Waals surface area contributed by atoms with Gasteiger partial charge in [-0.1, -0.05) is 25.1 Å². The Labute approximate surface area is 189 Å². The van der Waals surface area contributed by atoms with Crippen LogP contribution in [0.3, 0.4) is 0 Å². The predicted octanol–water partition coefficient (Wildman–Crippen LogP) is 3.34. The summed E-state index contributed by atoms with van der Waals surface area (Å²) in [5.74, 6) is 1.97. The quantitative estimate of drug-likeness (QED) is 0.613. The molecule has 0 spiro atoms. The van der Waals surface area contributed by atoms with E-state index < -0.39 is 6.04 Å². The van der Waals surface area contributed by atoms with E-state index in [2.05, 4.69) is 5.32 Å². The molecule has 2 aromatic rings. The zero-order valence-corrected chi connectivity index (χ0v) is 19.1. The molecule has 0 aliphatic carbocycles. The first-order valence-corrected chi connectivity index (χ1v) is 11.1.